The van der Waals surface area contributed by atoms with Crippen LogP contribution >= 0.6 is 12.4 Å². The molecule has 0 aromatic heterocycles. The van der Waals surface area contributed by atoms with Gasteiger partial charge in [-0.25, -0.2) is 0 Å². The van der Waals surface area contributed by atoms with Crippen molar-refractivity contribution in [3.05, 3.63) is 29.8 Å². The molecule has 0 spiro atoms. The highest BCUT2D eigenvalue weighted by Crippen LogP contribution is 2.11. The third-order valence-corrected chi connectivity index (χ3v) is 2.14. The van der Waals surface area contributed by atoms with Crippen LogP contribution in [-0.2, 0) is 16.0 Å². The number of hydrogen-bond donors (Lipinski definition) is 2. The maximum absolute atomic E-state index is 11.4. The second-order valence-corrected chi connectivity index (χ2v) is 3.64. The number of nitrogens with two attached hydrogens (primary N) is 1. The third kappa shape index (κ3) is 5.56. The number of carbonyl (C=O) groups is 1. The number of benzene rings is 1. The molecule has 1 atom stereocenters. The van der Waals surface area contributed by atoms with Crippen molar-refractivity contribution in [1.29, 1.82) is 0 Å². The van der Waals surface area contributed by atoms with E-state index in [1.54, 1.807) is 24.3 Å². The number of aromatic hydroxyl groups is 1. The van der Waals surface area contributed by atoms with Gasteiger partial charge in [-0.2, -0.15) is 0 Å². The van der Waals surface area contributed by atoms with Gasteiger partial charge < -0.3 is 15.6 Å². The van der Waals surface area contributed by atoms with E-state index in [4.69, 9.17) is 15.6 Å². The Morgan fingerprint density at radius 1 is 1.41 bits per heavy atom. The highest BCUT2D eigenvalue weighted by Gasteiger charge is 2.15. The normalized spacial score (nSPS) is 11.4. The minimum atomic E-state index is -0.643. The quantitative estimate of drug-likeness (QED) is 0.789. The molecular weight excluding hydrogens is 242 g/mol. The average molecular weight is 260 g/mol. The molecule has 0 amide bonds. The predicted octanol–water partition coefficient (Wildman–Crippen LogP) is 1.64. The van der Waals surface area contributed by atoms with Crippen LogP contribution < -0.4 is 5.73 Å². The molecule has 0 aliphatic rings. The summed E-state index contributed by atoms with van der Waals surface area (Å²) in [6.45, 7) is 2.33. The Hall–Kier alpha value is -1.26. The van der Waals surface area contributed by atoms with Gasteiger partial charge in [-0.05, 0) is 30.5 Å². The molecule has 17 heavy (non-hydrogen) atoms. The second kappa shape index (κ2) is 7.92. The zero-order chi connectivity index (χ0) is 12.0. The van der Waals surface area contributed by atoms with E-state index in [0.29, 0.717) is 13.0 Å². The van der Waals surface area contributed by atoms with E-state index in [2.05, 4.69) is 0 Å². The molecule has 5 heteroatoms. The standard InChI is InChI=1S/C12H17NO3.ClH/c1-2-7-16-12(15)11(13)8-9-3-5-10(14)6-4-9;/h3-6,11,14H,2,7-8,13H2,1H3;1H. The maximum atomic E-state index is 11.4. The van der Waals surface area contributed by atoms with Crippen molar-refractivity contribution in [1.82, 2.24) is 0 Å². The maximum Gasteiger partial charge on any atom is 0.323 e. The zero-order valence-electron chi connectivity index (χ0n) is 9.76. The number of carbonyl (C=O) groups excluding carboxylic acids is 1. The molecule has 1 rings (SSSR count). The lowest BCUT2D eigenvalue weighted by molar-refractivity contribution is -0.145. The summed E-state index contributed by atoms with van der Waals surface area (Å²) in [5.41, 5.74) is 6.59. The number of phenolic OH excluding ortho intramolecular Hbond substituents is 1. The summed E-state index contributed by atoms with van der Waals surface area (Å²) in [7, 11) is 0. The Morgan fingerprint density at radius 2 is 2.00 bits per heavy atom. The molecule has 0 saturated carbocycles. The number of hydrogen-bond acceptors (Lipinski definition) is 4. The molecule has 4 nitrogen and oxygen atoms in total. The van der Waals surface area contributed by atoms with Gasteiger partial charge >= 0.3 is 5.97 Å². The van der Waals surface area contributed by atoms with Gasteiger partial charge in [0, 0.05) is 0 Å². The van der Waals surface area contributed by atoms with Crippen LogP contribution in [-0.4, -0.2) is 23.7 Å². The van der Waals surface area contributed by atoms with Crippen molar-refractivity contribution in [2.24, 2.45) is 5.73 Å². The largest absolute Gasteiger partial charge is 0.508 e. The highest BCUT2D eigenvalue weighted by molar-refractivity contribution is 5.85. The molecule has 0 radical (unpaired) electrons. The summed E-state index contributed by atoms with van der Waals surface area (Å²) < 4.78 is 4.94. The Kier molecular flexibility index (Phi) is 7.34. The average Bonchev–Trinajstić information content (AvgIpc) is 2.29. The number of ether oxygens (including phenoxy) is 1. The summed E-state index contributed by atoms with van der Waals surface area (Å²) in [5.74, 6) is -0.180. The topological polar surface area (TPSA) is 72.5 Å². The fraction of sp³-hybridized carbons (Fsp3) is 0.417. The van der Waals surface area contributed by atoms with Crippen LogP contribution in [0, 0.1) is 0 Å². The van der Waals surface area contributed by atoms with E-state index in [1.807, 2.05) is 6.92 Å². The first-order chi connectivity index (χ1) is 7.63. The summed E-state index contributed by atoms with van der Waals surface area (Å²) in [4.78, 5) is 11.4. The van der Waals surface area contributed by atoms with E-state index in [9.17, 15) is 4.79 Å². The minimum Gasteiger partial charge on any atom is -0.508 e. The van der Waals surface area contributed by atoms with Gasteiger partial charge in [0.15, 0.2) is 0 Å². The highest BCUT2D eigenvalue weighted by atomic mass is 35.5. The van der Waals surface area contributed by atoms with E-state index in [1.165, 1.54) is 0 Å². The van der Waals surface area contributed by atoms with Crippen molar-refractivity contribution in [2.75, 3.05) is 6.61 Å². The fourth-order valence-corrected chi connectivity index (χ4v) is 1.28. The van der Waals surface area contributed by atoms with Gasteiger partial charge in [0.1, 0.15) is 11.8 Å². The molecule has 0 bridgehead atoms. The molecule has 1 aromatic rings. The molecule has 0 fully saturated rings. The summed E-state index contributed by atoms with van der Waals surface area (Å²) in [6.07, 6.45) is 1.21. The Morgan fingerprint density at radius 3 is 2.53 bits per heavy atom. The van der Waals surface area contributed by atoms with Crippen molar-refractivity contribution >= 4 is 18.4 Å². The third-order valence-electron chi connectivity index (χ3n) is 2.14. The molecule has 1 aromatic carbocycles. The van der Waals surface area contributed by atoms with Crippen molar-refractivity contribution < 1.29 is 14.6 Å². The van der Waals surface area contributed by atoms with Crippen molar-refractivity contribution in [2.45, 2.75) is 25.8 Å². The first-order valence-electron chi connectivity index (χ1n) is 5.33. The van der Waals surface area contributed by atoms with Crippen molar-refractivity contribution in [3.8, 4) is 5.75 Å². The monoisotopic (exact) mass is 259 g/mol. The van der Waals surface area contributed by atoms with Gasteiger partial charge in [-0.1, -0.05) is 19.1 Å². The molecule has 0 heterocycles. The number of esters is 1. The Labute approximate surface area is 107 Å². The Balaban J connectivity index is 0.00000256. The van der Waals surface area contributed by atoms with E-state index in [-0.39, 0.29) is 24.1 Å². The lowest BCUT2D eigenvalue weighted by Crippen LogP contribution is -2.34. The molecular formula is C12H18ClNO3. The van der Waals surface area contributed by atoms with Crippen LogP contribution in [0.25, 0.3) is 0 Å². The lowest BCUT2D eigenvalue weighted by Gasteiger charge is -2.10. The molecule has 1 unspecified atom stereocenters. The SMILES string of the molecule is CCCOC(=O)C(N)Cc1ccc(O)cc1.Cl. The van der Waals surface area contributed by atoms with Gasteiger partial charge in [0.2, 0.25) is 0 Å². The van der Waals surface area contributed by atoms with Crippen LogP contribution in [0.5, 0.6) is 5.75 Å². The van der Waals surface area contributed by atoms with Gasteiger partial charge in [-0.3, -0.25) is 4.79 Å². The molecule has 0 saturated heterocycles. The Bertz CT molecular complexity index is 340. The number of halogens is 1. The van der Waals surface area contributed by atoms with Gasteiger partial charge in [0.05, 0.1) is 6.61 Å². The van der Waals surface area contributed by atoms with Gasteiger partial charge in [0.25, 0.3) is 0 Å². The summed E-state index contributed by atoms with van der Waals surface area (Å²) >= 11 is 0. The zero-order valence-corrected chi connectivity index (χ0v) is 10.6. The molecule has 0 aliphatic carbocycles. The molecule has 3 N–H and O–H groups in total. The molecule has 0 aliphatic heterocycles. The fourth-order valence-electron chi connectivity index (χ4n) is 1.28. The van der Waals surface area contributed by atoms with Crippen LogP contribution in [0.4, 0.5) is 0 Å². The number of phenols is 1. The van der Waals surface area contributed by atoms with Crippen LogP contribution in [0.1, 0.15) is 18.9 Å². The first-order valence-corrected chi connectivity index (χ1v) is 5.33. The summed E-state index contributed by atoms with van der Waals surface area (Å²) in [6, 6.07) is 5.97. The van der Waals surface area contributed by atoms with E-state index >= 15 is 0 Å². The van der Waals surface area contributed by atoms with E-state index < -0.39 is 6.04 Å². The second-order valence-electron chi connectivity index (χ2n) is 3.64. The minimum absolute atomic E-state index is 0. The van der Waals surface area contributed by atoms with Gasteiger partial charge in [-0.15, -0.1) is 12.4 Å². The first kappa shape index (κ1) is 15.7. The summed E-state index contributed by atoms with van der Waals surface area (Å²) in [5, 5.41) is 9.09. The number of rotatable bonds is 5. The van der Waals surface area contributed by atoms with Crippen LogP contribution in [0.2, 0.25) is 0 Å². The van der Waals surface area contributed by atoms with E-state index in [0.717, 1.165) is 12.0 Å². The molecule has 96 valence electrons. The lowest BCUT2D eigenvalue weighted by atomic mass is 10.1. The van der Waals surface area contributed by atoms with Crippen LogP contribution in [0.3, 0.4) is 0 Å². The predicted molar refractivity (Wildman–Crippen MR) is 68.3 cm³/mol. The van der Waals surface area contributed by atoms with Crippen LogP contribution in [0.15, 0.2) is 24.3 Å². The smallest absolute Gasteiger partial charge is 0.323 e. The van der Waals surface area contributed by atoms with Crippen molar-refractivity contribution in [3.63, 3.8) is 0 Å².